The maximum Gasteiger partial charge on any atom is 0.322 e. The fraction of sp³-hybridized carbons (Fsp3) is 0.364. The highest BCUT2D eigenvalue weighted by molar-refractivity contribution is 7.88. The van der Waals surface area contributed by atoms with Crippen molar-refractivity contribution in [1.82, 2.24) is 4.72 Å². The average molecular weight is 301 g/mol. The molecule has 0 aromatic heterocycles. The molecule has 0 unspecified atom stereocenters. The molecule has 2 rings (SSSR count). The summed E-state index contributed by atoms with van der Waals surface area (Å²) in [5.41, 5.74) is 6.18. The summed E-state index contributed by atoms with van der Waals surface area (Å²) in [5, 5.41) is 0. The lowest BCUT2D eigenvalue weighted by atomic mass is 10.1. The number of nitrogens with one attached hydrogen (secondary N) is 1. The van der Waals surface area contributed by atoms with Gasteiger partial charge in [0.25, 0.3) is 0 Å². The normalized spacial score (nSPS) is 20.4. The van der Waals surface area contributed by atoms with Crippen LogP contribution in [-0.4, -0.2) is 35.6 Å². The van der Waals surface area contributed by atoms with E-state index < -0.39 is 16.3 Å². The SMILES string of the molecule is COc1cc([C@@H]2NS(=O)(=O)N=C2N)cc(OC)c1OC. The van der Waals surface area contributed by atoms with Crippen molar-refractivity contribution in [1.29, 1.82) is 0 Å². The molecule has 3 N–H and O–H groups in total. The third-order valence-electron chi connectivity index (χ3n) is 2.81. The Morgan fingerprint density at radius 1 is 1.15 bits per heavy atom. The van der Waals surface area contributed by atoms with Crippen molar-refractivity contribution in [2.24, 2.45) is 10.1 Å². The van der Waals surface area contributed by atoms with Crippen LogP contribution in [0.5, 0.6) is 17.2 Å². The summed E-state index contributed by atoms with van der Waals surface area (Å²) in [7, 11) is 0.672. The quantitative estimate of drug-likeness (QED) is 0.807. The van der Waals surface area contributed by atoms with Gasteiger partial charge in [0, 0.05) is 0 Å². The van der Waals surface area contributed by atoms with Crippen LogP contribution in [0.25, 0.3) is 0 Å². The Bertz CT molecular complexity index is 631. The number of nitrogens with zero attached hydrogens (tertiary/aromatic N) is 1. The second-order valence-electron chi connectivity index (χ2n) is 4.00. The molecule has 0 spiro atoms. The predicted octanol–water partition coefficient (Wildman–Crippen LogP) is -0.0413. The molecule has 8 nitrogen and oxygen atoms in total. The summed E-state index contributed by atoms with van der Waals surface area (Å²) in [6, 6.07) is 2.47. The topological polar surface area (TPSA) is 112 Å². The Morgan fingerprint density at radius 2 is 1.70 bits per heavy atom. The number of amidine groups is 1. The second kappa shape index (κ2) is 5.17. The minimum Gasteiger partial charge on any atom is -0.493 e. The van der Waals surface area contributed by atoms with Crippen LogP contribution in [0.1, 0.15) is 11.6 Å². The molecular formula is C11H15N3O5S. The van der Waals surface area contributed by atoms with Gasteiger partial charge in [0.15, 0.2) is 11.5 Å². The number of benzene rings is 1. The van der Waals surface area contributed by atoms with E-state index in [1.807, 2.05) is 0 Å². The van der Waals surface area contributed by atoms with Gasteiger partial charge in [0.05, 0.1) is 21.3 Å². The molecule has 1 aromatic carbocycles. The third-order valence-corrected chi connectivity index (χ3v) is 3.79. The van der Waals surface area contributed by atoms with Gasteiger partial charge in [-0.1, -0.05) is 0 Å². The predicted molar refractivity (Wildman–Crippen MR) is 72.5 cm³/mol. The van der Waals surface area contributed by atoms with Gasteiger partial charge in [0.2, 0.25) is 5.75 Å². The van der Waals surface area contributed by atoms with E-state index in [4.69, 9.17) is 19.9 Å². The number of ether oxygens (including phenoxy) is 3. The van der Waals surface area contributed by atoms with E-state index in [1.54, 1.807) is 12.1 Å². The molecule has 0 bridgehead atoms. The highest BCUT2D eigenvalue weighted by atomic mass is 32.2. The Kier molecular flexibility index (Phi) is 3.73. The lowest BCUT2D eigenvalue weighted by Gasteiger charge is -2.16. The average Bonchev–Trinajstić information content (AvgIpc) is 2.70. The zero-order chi connectivity index (χ0) is 14.9. The molecule has 1 aromatic rings. The van der Waals surface area contributed by atoms with Crippen molar-refractivity contribution in [2.45, 2.75) is 6.04 Å². The van der Waals surface area contributed by atoms with Crippen molar-refractivity contribution < 1.29 is 22.6 Å². The third kappa shape index (κ3) is 2.49. The van der Waals surface area contributed by atoms with Crippen LogP contribution in [0.4, 0.5) is 0 Å². The van der Waals surface area contributed by atoms with E-state index in [0.717, 1.165) is 0 Å². The first-order valence-electron chi connectivity index (χ1n) is 5.59. The van der Waals surface area contributed by atoms with Gasteiger partial charge in [-0.15, -0.1) is 4.40 Å². The fourth-order valence-corrected chi connectivity index (χ4v) is 2.92. The molecule has 9 heteroatoms. The number of hydrogen-bond donors (Lipinski definition) is 2. The van der Waals surface area contributed by atoms with Gasteiger partial charge in [-0.25, -0.2) is 0 Å². The molecule has 1 heterocycles. The summed E-state index contributed by atoms with van der Waals surface area (Å²) in [5.74, 6) is 1.18. The van der Waals surface area contributed by atoms with Gasteiger partial charge < -0.3 is 19.9 Å². The van der Waals surface area contributed by atoms with Crippen LogP contribution in [0, 0.1) is 0 Å². The zero-order valence-corrected chi connectivity index (χ0v) is 12.0. The van der Waals surface area contributed by atoms with E-state index in [0.29, 0.717) is 22.8 Å². The van der Waals surface area contributed by atoms with Crippen LogP contribution >= 0.6 is 0 Å². The van der Waals surface area contributed by atoms with Crippen molar-refractivity contribution in [2.75, 3.05) is 21.3 Å². The Morgan fingerprint density at radius 3 is 2.05 bits per heavy atom. The van der Waals surface area contributed by atoms with Crippen LogP contribution < -0.4 is 24.7 Å². The van der Waals surface area contributed by atoms with Gasteiger partial charge in [-0.2, -0.15) is 13.1 Å². The smallest absolute Gasteiger partial charge is 0.322 e. The van der Waals surface area contributed by atoms with Crippen LogP contribution in [0.2, 0.25) is 0 Å². The minimum atomic E-state index is -3.75. The van der Waals surface area contributed by atoms with Gasteiger partial charge >= 0.3 is 10.2 Å². The fourth-order valence-electron chi connectivity index (χ4n) is 1.93. The summed E-state index contributed by atoms with van der Waals surface area (Å²) >= 11 is 0. The molecule has 20 heavy (non-hydrogen) atoms. The van der Waals surface area contributed by atoms with Crippen LogP contribution in [-0.2, 0) is 10.2 Å². The van der Waals surface area contributed by atoms with E-state index in [9.17, 15) is 8.42 Å². The maximum atomic E-state index is 11.4. The molecule has 0 aliphatic carbocycles. The van der Waals surface area contributed by atoms with Crippen molar-refractivity contribution >= 4 is 16.0 Å². The van der Waals surface area contributed by atoms with Crippen LogP contribution in [0.15, 0.2) is 16.5 Å². The van der Waals surface area contributed by atoms with Gasteiger partial charge in [0.1, 0.15) is 11.9 Å². The molecular weight excluding hydrogens is 286 g/mol. The molecule has 0 fully saturated rings. The summed E-state index contributed by atoms with van der Waals surface area (Å²) in [6.07, 6.45) is 0. The number of hydrogen-bond acceptors (Lipinski definition) is 6. The van der Waals surface area contributed by atoms with Crippen molar-refractivity contribution in [3.63, 3.8) is 0 Å². The van der Waals surface area contributed by atoms with Crippen molar-refractivity contribution in [3.05, 3.63) is 17.7 Å². The van der Waals surface area contributed by atoms with Gasteiger partial charge in [-0.3, -0.25) is 0 Å². The summed E-state index contributed by atoms with van der Waals surface area (Å²) < 4.78 is 44.1. The Labute approximate surface area is 116 Å². The molecule has 110 valence electrons. The molecule has 0 radical (unpaired) electrons. The molecule has 0 saturated carbocycles. The summed E-state index contributed by atoms with van der Waals surface area (Å²) in [4.78, 5) is 0. The minimum absolute atomic E-state index is 0.0423. The number of nitrogens with two attached hydrogens (primary N) is 1. The second-order valence-corrected chi connectivity index (χ2v) is 5.37. The summed E-state index contributed by atoms with van der Waals surface area (Å²) in [6.45, 7) is 0. The standard InChI is InChI=1S/C11H15N3O5S/c1-17-7-4-6(5-8(18-2)10(7)19-3)9-11(12)14-20(15,16)13-9/h4-5,9,13H,1-3H3,(H2,12,14)/t9-/m0/s1. The first kappa shape index (κ1) is 14.4. The molecule has 1 aliphatic rings. The highest BCUT2D eigenvalue weighted by Crippen LogP contribution is 2.40. The Balaban J connectivity index is 2.52. The Hall–Kier alpha value is -2.00. The zero-order valence-electron chi connectivity index (χ0n) is 11.2. The lowest BCUT2D eigenvalue weighted by molar-refractivity contribution is 0.323. The van der Waals surface area contributed by atoms with Crippen LogP contribution in [0.3, 0.4) is 0 Å². The maximum absolute atomic E-state index is 11.4. The van der Waals surface area contributed by atoms with E-state index in [2.05, 4.69) is 9.12 Å². The number of rotatable bonds is 4. The lowest BCUT2D eigenvalue weighted by Crippen LogP contribution is -2.28. The van der Waals surface area contributed by atoms with Crippen molar-refractivity contribution in [3.8, 4) is 17.2 Å². The van der Waals surface area contributed by atoms with Gasteiger partial charge in [-0.05, 0) is 17.7 Å². The van der Waals surface area contributed by atoms with E-state index >= 15 is 0 Å². The molecule has 0 amide bonds. The first-order valence-corrected chi connectivity index (χ1v) is 7.03. The van der Waals surface area contributed by atoms with E-state index in [-0.39, 0.29) is 5.84 Å². The molecule has 1 atom stereocenters. The largest absolute Gasteiger partial charge is 0.493 e. The van der Waals surface area contributed by atoms with E-state index in [1.165, 1.54) is 21.3 Å². The monoisotopic (exact) mass is 301 g/mol. The first-order chi connectivity index (χ1) is 9.41. The molecule has 1 aliphatic heterocycles. The number of methoxy groups -OCH3 is 3. The molecule has 0 saturated heterocycles. The highest BCUT2D eigenvalue weighted by Gasteiger charge is 2.31.